The summed E-state index contributed by atoms with van der Waals surface area (Å²) in [6.45, 7) is 3.98. The molecule has 0 aromatic heterocycles. The average Bonchev–Trinajstić information content (AvgIpc) is 3.13. The van der Waals surface area contributed by atoms with Gasteiger partial charge in [0.2, 0.25) is 0 Å². The molecule has 27 heavy (non-hydrogen) atoms. The molecule has 9 heteroatoms. The Bertz CT molecular complexity index is 715. The Morgan fingerprint density at radius 3 is 2.48 bits per heavy atom. The van der Waals surface area contributed by atoms with E-state index in [2.05, 4.69) is 0 Å². The number of non-ortho nitro benzene ring substituents is 1. The maximum Gasteiger partial charge on any atom is 0.410 e. The lowest BCUT2D eigenvalue weighted by atomic mass is 10.1. The SMILES string of the molecule is CC(C)COC(=O)N1CCCC1C(=O)OCC(=O)c1ccc([N+](=O)[O-])cc1. The minimum Gasteiger partial charge on any atom is -0.456 e. The van der Waals surface area contributed by atoms with Crippen molar-refractivity contribution in [1.29, 1.82) is 0 Å². The van der Waals surface area contributed by atoms with Crippen LogP contribution in [0.5, 0.6) is 0 Å². The fraction of sp³-hybridized carbons (Fsp3) is 0.500. The normalized spacial score (nSPS) is 16.3. The van der Waals surface area contributed by atoms with E-state index in [0.29, 0.717) is 19.4 Å². The van der Waals surface area contributed by atoms with E-state index in [1.165, 1.54) is 29.2 Å². The molecule has 0 spiro atoms. The van der Waals surface area contributed by atoms with Gasteiger partial charge in [0.15, 0.2) is 12.4 Å². The molecular weight excluding hydrogens is 356 g/mol. The lowest BCUT2D eigenvalue weighted by Gasteiger charge is -2.23. The van der Waals surface area contributed by atoms with Crippen molar-refractivity contribution in [3.63, 3.8) is 0 Å². The third-order valence-corrected chi connectivity index (χ3v) is 4.05. The maximum absolute atomic E-state index is 12.3. The van der Waals surface area contributed by atoms with E-state index in [9.17, 15) is 24.5 Å². The van der Waals surface area contributed by atoms with Crippen LogP contribution in [-0.2, 0) is 14.3 Å². The van der Waals surface area contributed by atoms with E-state index in [-0.39, 0.29) is 23.8 Å². The smallest absolute Gasteiger partial charge is 0.410 e. The summed E-state index contributed by atoms with van der Waals surface area (Å²) in [5, 5.41) is 10.6. The highest BCUT2D eigenvalue weighted by atomic mass is 16.6. The molecule has 1 heterocycles. The summed E-state index contributed by atoms with van der Waals surface area (Å²) in [4.78, 5) is 47.8. The number of esters is 1. The monoisotopic (exact) mass is 378 g/mol. The fourth-order valence-corrected chi connectivity index (χ4v) is 2.64. The number of nitro benzene ring substituents is 1. The van der Waals surface area contributed by atoms with Crippen LogP contribution in [0, 0.1) is 16.0 Å². The molecule has 0 aliphatic carbocycles. The average molecular weight is 378 g/mol. The zero-order valence-corrected chi connectivity index (χ0v) is 15.3. The van der Waals surface area contributed by atoms with Gasteiger partial charge >= 0.3 is 12.1 Å². The van der Waals surface area contributed by atoms with Crippen molar-refractivity contribution in [3.8, 4) is 0 Å². The van der Waals surface area contributed by atoms with E-state index in [4.69, 9.17) is 9.47 Å². The number of nitro groups is 1. The summed E-state index contributed by atoms with van der Waals surface area (Å²) in [5.74, 6) is -0.962. The number of hydrogen-bond donors (Lipinski definition) is 0. The van der Waals surface area contributed by atoms with Gasteiger partial charge in [0, 0.05) is 24.2 Å². The summed E-state index contributed by atoms with van der Waals surface area (Å²) < 4.78 is 10.2. The van der Waals surface area contributed by atoms with Gasteiger partial charge in [-0.1, -0.05) is 13.8 Å². The number of ketones is 1. The first-order valence-corrected chi connectivity index (χ1v) is 8.67. The van der Waals surface area contributed by atoms with E-state index in [0.717, 1.165) is 0 Å². The predicted octanol–water partition coefficient (Wildman–Crippen LogP) is 2.58. The number of carbonyl (C=O) groups excluding carboxylic acids is 3. The quantitative estimate of drug-likeness (QED) is 0.310. The van der Waals surface area contributed by atoms with Crippen molar-refractivity contribution < 1.29 is 28.8 Å². The van der Waals surface area contributed by atoms with Gasteiger partial charge in [0.25, 0.3) is 5.69 Å². The molecule has 0 bridgehead atoms. The van der Waals surface area contributed by atoms with Crippen molar-refractivity contribution in [1.82, 2.24) is 4.90 Å². The first-order chi connectivity index (χ1) is 12.8. The molecule has 2 rings (SSSR count). The van der Waals surface area contributed by atoms with Crippen LogP contribution in [0.25, 0.3) is 0 Å². The molecule has 1 aliphatic heterocycles. The number of benzene rings is 1. The van der Waals surface area contributed by atoms with Crippen LogP contribution >= 0.6 is 0 Å². The van der Waals surface area contributed by atoms with E-state index in [1.54, 1.807) is 0 Å². The van der Waals surface area contributed by atoms with Crippen LogP contribution in [-0.4, -0.2) is 53.5 Å². The Morgan fingerprint density at radius 1 is 1.22 bits per heavy atom. The van der Waals surface area contributed by atoms with Gasteiger partial charge in [-0.25, -0.2) is 9.59 Å². The Labute approximate surface area is 156 Å². The van der Waals surface area contributed by atoms with Crippen molar-refractivity contribution in [2.75, 3.05) is 19.8 Å². The molecule has 1 saturated heterocycles. The van der Waals surface area contributed by atoms with Gasteiger partial charge in [-0.2, -0.15) is 0 Å². The molecule has 1 fully saturated rings. The van der Waals surface area contributed by atoms with Crippen molar-refractivity contribution in [2.45, 2.75) is 32.7 Å². The second kappa shape index (κ2) is 9.11. The third kappa shape index (κ3) is 5.50. The zero-order valence-electron chi connectivity index (χ0n) is 15.3. The summed E-state index contributed by atoms with van der Waals surface area (Å²) >= 11 is 0. The van der Waals surface area contributed by atoms with Gasteiger partial charge in [0.1, 0.15) is 6.04 Å². The van der Waals surface area contributed by atoms with Gasteiger partial charge in [-0.15, -0.1) is 0 Å². The molecule has 9 nitrogen and oxygen atoms in total. The summed E-state index contributed by atoms with van der Waals surface area (Å²) in [5.41, 5.74) is 0.0677. The fourth-order valence-electron chi connectivity index (χ4n) is 2.64. The topological polar surface area (TPSA) is 116 Å². The highest BCUT2D eigenvalue weighted by Gasteiger charge is 2.36. The summed E-state index contributed by atoms with van der Waals surface area (Å²) in [6.07, 6.45) is 0.526. The van der Waals surface area contributed by atoms with Gasteiger partial charge < -0.3 is 9.47 Å². The molecule has 1 aliphatic rings. The first-order valence-electron chi connectivity index (χ1n) is 8.67. The standard InChI is InChI=1S/C18H22N2O7/c1-12(2)10-27-18(23)19-9-3-4-15(19)17(22)26-11-16(21)13-5-7-14(8-6-13)20(24)25/h5-8,12,15H,3-4,9-11H2,1-2H3. The first kappa shape index (κ1) is 20.3. The molecular formula is C18H22N2O7. The molecule has 0 N–H and O–H groups in total. The number of carbonyl (C=O) groups is 3. The third-order valence-electron chi connectivity index (χ3n) is 4.05. The lowest BCUT2D eigenvalue weighted by molar-refractivity contribution is -0.384. The summed E-state index contributed by atoms with van der Waals surface area (Å²) in [7, 11) is 0. The Hall–Kier alpha value is -2.97. The maximum atomic E-state index is 12.3. The molecule has 1 aromatic carbocycles. The Morgan fingerprint density at radius 2 is 1.89 bits per heavy atom. The van der Waals surface area contributed by atoms with Crippen LogP contribution in [0.3, 0.4) is 0 Å². The van der Waals surface area contributed by atoms with E-state index >= 15 is 0 Å². The van der Waals surface area contributed by atoms with Crippen LogP contribution in [0.4, 0.5) is 10.5 Å². The molecule has 1 atom stereocenters. The van der Waals surface area contributed by atoms with Crippen molar-refractivity contribution >= 4 is 23.5 Å². The largest absolute Gasteiger partial charge is 0.456 e. The molecule has 0 radical (unpaired) electrons. The highest BCUT2D eigenvalue weighted by molar-refractivity contribution is 5.98. The Balaban J connectivity index is 1.89. The van der Waals surface area contributed by atoms with Crippen molar-refractivity contribution in [3.05, 3.63) is 39.9 Å². The zero-order chi connectivity index (χ0) is 20.0. The molecule has 146 valence electrons. The van der Waals surface area contributed by atoms with E-state index < -0.39 is 35.4 Å². The van der Waals surface area contributed by atoms with Crippen LogP contribution in [0.1, 0.15) is 37.0 Å². The minimum atomic E-state index is -0.769. The molecule has 0 saturated carbocycles. The number of nitrogens with zero attached hydrogens (tertiary/aromatic N) is 2. The minimum absolute atomic E-state index is 0.134. The number of ether oxygens (including phenoxy) is 2. The molecule has 1 unspecified atom stereocenters. The number of rotatable bonds is 7. The lowest BCUT2D eigenvalue weighted by Crippen LogP contribution is -2.42. The Kier molecular flexibility index (Phi) is 6.86. The van der Waals surface area contributed by atoms with Crippen LogP contribution in [0.15, 0.2) is 24.3 Å². The predicted molar refractivity (Wildman–Crippen MR) is 94.3 cm³/mol. The number of likely N-dealkylation sites (tertiary alicyclic amines) is 1. The second-order valence-corrected chi connectivity index (χ2v) is 6.66. The van der Waals surface area contributed by atoms with Crippen molar-refractivity contribution in [2.24, 2.45) is 5.92 Å². The van der Waals surface area contributed by atoms with Gasteiger partial charge in [-0.3, -0.25) is 19.8 Å². The van der Waals surface area contributed by atoms with E-state index in [1.807, 2.05) is 13.8 Å². The number of Topliss-reactive ketones (excluding diaryl/α,β-unsaturated/α-hetero) is 1. The van der Waals surface area contributed by atoms with Crippen LogP contribution in [0.2, 0.25) is 0 Å². The molecule has 1 aromatic rings. The van der Waals surface area contributed by atoms with Gasteiger partial charge in [-0.05, 0) is 30.9 Å². The second-order valence-electron chi connectivity index (χ2n) is 6.66. The molecule has 1 amide bonds. The van der Waals surface area contributed by atoms with Gasteiger partial charge in [0.05, 0.1) is 11.5 Å². The number of hydrogen-bond acceptors (Lipinski definition) is 7. The highest BCUT2D eigenvalue weighted by Crippen LogP contribution is 2.20. The number of amides is 1. The summed E-state index contributed by atoms with van der Waals surface area (Å²) in [6, 6.07) is 4.25. The van der Waals surface area contributed by atoms with Crippen LogP contribution < -0.4 is 0 Å².